The summed E-state index contributed by atoms with van der Waals surface area (Å²) in [6.07, 6.45) is 4.18. The first kappa shape index (κ1) is 33.2. The number of nitrogens with zero attached hydrogens (tertiary/aromatic N) is 2. The number of hydrogen-bond acceptors (Lipinski definition) is 4. The Morgan fingerprint density at radius 3 is 2.13 bits per heavy atom. The van der Waals surface area contributed by atoms with Gasteiger partial charge in [-0.1, -0.05) is 96.7 Å². The summed E-state index contributed by atoms with van der Waals surface area (Å²) in [5.41, 5.74) is 4.05. The zero-order valence-corrected chi connectivity index (χ0v) is 27.8. The summed E-state index contributed by atoms with van der Waals surface area (Å²) in [5.74, 6) is -0.719. The summed E-state index contributed by atoms with van der Waals surface area (Å²) in [6.45, 7) is 3.52. The van der Waals surface area contributed by atoms with E-state index in [4.69, 9.17) is 11.6 Å². The third-order valence-corrected chi connectivity index (χ3v) is 10.6. The number of nitrogens with one attached hydrogen (secondary N) is 1. The van der Waals surface area contributed by atoms with Gasteiger partial charge in [0.25, 0.3) is 10.0 Å². The minimum Gasteiger partial charge on any atom is -0.352 e. The van der Waals surface area contributed by atoms with Crippen molar-refractivity contribution in [1.82, 2.24) is 10.2 Å². The Labute approximate surface area is 277 Å². The fourth-order valence-corrected chi connectivity index (χ4v) is 7.41. The molecule has 2 amide bonds. The largest absolute Gasteiger partial charge is 0.352 e. The number of aryl methyl sites for hydroxylation is 2. The Balaban J connectivity index is 1.57. The molecule has 1 atom stereocenters. The van der Waals surface area contributed by atoms with E-state index in [1.54, 1.807) is 17.0 Å². The van der Waals surface area contributed by atoms with Crippen molar-refractivity contribution in [3.05, 3.63) is 130 Å². The van der Waals surface area contributed by atoms with Crippen molar-refractivity contribution in [3.8, 4) is 0 Å². The van der Waals surface area contributed by atoms with Crippen molar-refractivity contribution in [2.24, 2.45) is 0 Å². The molecule has 0 saturated heterocycles. The fourth-order valence-electron chi connectivity index (χ4n) is 5.87. The van der Waals surface area contributed by atoms with E-state index >= 15 is 0 Å². The maximum absolute atomic E-state index is 14.6. The van der Waals surface area contributed by atoms with Crippen LogP contribution in [0.1, 0.15) is 47.9 Å². The summed E-state index contributed by atoms with van der Waals surface area (Å²) < 4.78 is 29.4. The molecule has 1 aliphatic carbocycles. The van der Waals surface area contributed by atoms with E-state index in [9.17, 15) is 18.0 Å². The van der Waals surface area contributed by atoms with Crippen LogP contribution in [0.15, 0.2) is 108 Å². The zero-order chi connectivity index (χ0) is 32.7. The van der Waals surface area contributed by atoms with Crippen LogP contribution in [0.5, 0.6) is 0 Å². The molecule has 4 aromatic carbocycles. The van der Waals surface area contributed by atoms with Crippen molar-refractivity contribution < 1.29 is 18.0 Å². The summed E-state index contributed by atoms with van der Waals surface area (Å²) in [5, 5.41) is 3.61. The first-order valence-electron chi connectivity index (χ1n) is 15.6. The smallest absolute Gasteiger partial charge is 0.264 e. The number of carbonyl (C=O) groups is 2. The molecule has 1 N–H and O–H groups in total. The van der Waals surface area contributed by atoms with Gasteiger partial charge in [-0.25, -0.2) is 8.42 Å². The van der Waals surface area contributed by atoms with E-state index in [1.165, 1.54) is 24.3 Å². The van der Waals surface area contributed by atoms with Crippen LogP contribution in [-0.4, -0.2) is 43.8 Å². The number of carbonyl (C=O) groups excluding carboxylic acids is 2. The third kappa shape index (κ3) is 8.17. The number of amides is 2. The van der Waals surface area contributed by atoms with Crippen LogP contribution >= 0.6 is 11.6 Å². The number of hydrogen-bond donors (Lipinski definition) is 1. The lowest BCUT2D eigenvalue weighted by Gasteiger charge is -2.34. The van der Waals surface area contributed by atoms with Gasteiger partial charge in [0.05, 0.1) is 10.6 Å². The maximum Gasteiger partial charge on any atom is 0.264 e. The average molecular weight is 658 g/mol. The Morgan fingerprint density at radius 1 is 0.848 bits per heavy atom. The highest BCUT2D eigenvalue weighted by atomic mass is 35.5. The van der Waals surface area contributed by atoms with E-state index in [1.807, 2.05) is 80.6 Å². The van der Waals surface area contributed by atoms with Crippen molar-refractivity contribution in [3.63, 3.8) is 0 Å². The van der Waals surface area contributed by atoms with Crippen LogP contribution in [0.2, 0.25) is 5.02 Å². The molecule has 9 heteroatoms. The molecule has 1 unspecified atom stereocenters. The van der Waals surface area contributed by atoms with Gasteiger partial charge < -0.3 is 10.2 Å². The van der Waals surface area contributed by atoms with E-state index in [0.717, 1.165) is 52.2 Å². The molecule has 1 aliphatic rings. The zero-order valence-electron chi connectivity index (χ0n) is 26.2. The number of rotatable bonds is 12. The molecule has 0 spiro atoms. The highest BCUT2D eigenvalue weighted by Crippen LogP contribution is 2.27. The van der Waals surface area contributed by atoms with Crippen LogP contribution in [0.3, 0.4) is 0 Å². The van der Waals surface area contributed by atoms with E-state index in [0.29, 0.717) is 10.7 Å². The highest BCUT2D eigenvalue weighted by Gasteiger charge is 2.35. The van der Waals surface area contributed by atoms with Gasteiger partial charge in [0.1, 0.15) is 12.6 Å². The molecule has 5 rings (SSSR count). The normalized spacial score (nSPS) is 14.1. The molecule has 0 heterocycles. The van der Waals surface area contributed by atoms with Gasteiger partial charge in [0, 0.05) is 24.0 Å². The first-order valence-corrected chi connectivity index (χ1v) is 17.5. The van der Waals surface area contributed by atoms with Gasteiger partial charge in [-0.05, 0) is 79.8 Å². The predicted octanol–water partition coefficient (Wildman–Crippen LogP) is 6.85. The first-order chi connectivity index (χ1) is 22.1. The van der Waals surface area contributed by atoms with Crippen LogP contribution in [-0.2, 0) is 32.6 Å². The van der Waals surface area contributed by atoms with Crippen molar-refractivity contribution >= 4 is 39.1 Å². The van der Waals surface area contributed by atoms with E-state index in [2.05, 4.69) is 5.32 Å². The SMILES string of the molecule is Cc1ccc(N(CC(=O)N(Cc2ccccc2C)C(Cc2ccccc2)C(=O)NC2CCCC2)S(=O)(=O)c2ccc(Cl)cc2)cc1. The summed E-state index contributed by atoms with van der Waals surface area (Å²) in [6, 6.07) is 29.4. The quantitative estimate of drug-likeness (QED) is 0.181. The van der Waals surface area contributed by atoms with Crippen LogP contribution in [0.25, 0.3) is 0 Å². The van der Waals surface area contributed by atoms with Gasteiger partial charge in [0.15, 0.2) is 0 Å². The maximum atomic E-state index is 14.6. The van der Waals surface area contributed by atoms with Crippen molar-refractivity contribution in [2.45, 2.75) is 69.5 Å². The molecule has 46 heavy (non-hydrogen) atoms. The second kappa shape index (κ2) is 15.0. The Hall–Kier alpha value is -4.14. The Morgan fingerprint density at radius 2 is 1.48 bits per heavy atom. The van der Waals surface area contributed by atoms with Gasteiger partial charge in [-0.2, -0.15) is 0 Å². The molecule has 4 aromatic rings. The van der Waals surface area contributed by atoms with Crippen molar-refractivity contribution in [1.29, 1.82) is 0 Å². The van der Waals surface area contributed by atoms with E-state index in [-0.39, 0.29) is 29.8 Å². The van der Waals surface area contributed by atoms with Crippen LogP contribution in [0.4, 0.5) is 5.69 Å². The average Bonchev–Trinajstić information content (AvgIpc) is 3.56. The monoisotopic (exact) mass is 657 g/mol. The Kier molecular flexibility index (Phi) is 10.8. The molecule has 0 radical (unpaired) electrons. The summed E-state index contributed by atoms with van der Waals surface area (Å²) >= 11 is 6.08. The topological polar surface area (TPSA) is 86.8 Å². The van der Waals surface area contributed by atoms with E-state index < -0.39 is 28.5 Å². The number of halogens is 1. The Bertz CT molecular complexity index is 1740. The van der Waals surface area contributed by atoms with Gasteiger partial charge in [-0.15, -0.1) is 0 Å². The standard InChI is InChI=1S/C37H40ClN3O4S/c1-27-16-20-33(21-17-27)41(46(44,45)34-22-18-31(38)19-23-34)26-36(42)40(25-30-13-7-6-10-28(30)2)35(24-29-11-4-3-5-12-29)37(43)39-32-14-8-9-15-32/h3-7,10-13,16-23,32,35H,8-9,14-15,24-26H2,1-2H3,(H,39,43). The summed E-state index contributed by atoms with van der Waals surface area (Å²) in [7, 11) is -4.19. The number of anilines is 1. The second-order valence-electron chi connectivity index (χ2n) is 11.9. The number of benzene rings is 4. The molecule has 0 bridgehead atoms. The summed E-state index contributed by atoms with van der Waals surface area (Å²) in [4.78, 5) is 30.3. The van der Waals surface area contributed by atoms with Crippen LogP contribution < -0.4 is 9.62 Å². The second-order valence-corrected chi connectivity index (χ2v) is 14.2. The van der Waals surface area contributed by atoms with Crippen LogP contribution in [0, 0.1) is 13.8 Å². The van der Waals surface area contributed by atoms with Crippen molar-refractivity contribution in [2.75, 3.05) is 10.8 Å². The molecule has 0 aromatic heterocycles. The third-order valence-electron chi connectivity index (χ3n) is 8.58. The molecular weight excluding hydrogens is 618 g/mol. The lowest BCUT2D eigenvalue weighted by atomic mass is 10.0. The highest BCUT2D eigenvalue weighted by molar-refractivity contribution is 7.92. The minimum absolute atomic E-state index is 0.00976. The van der Waals surface area contributed by atoms with Gasteiger partial charge >= 0.3 is 0 Å². The molecule has 1 fully saturated rings. The molecule has 7 nitrogen and oxygen atoms in total. The molecule has 1 saturated carbocycles. The minimum atomic E-state index is -4.19. The van der Waals surface area contributed by atoms with Gasteiger partial charge in [0.2, 0.25) is 11.8 Å². The number of sulfonamides is 1. The fraction of sp³-hybridized carbons (Fsp3) is 0.297. The molecular formula is C37H40ClN3O4S. The predicted molar refractivity (Wildman–Crippen MR) is 183 cm³/mol. The van der Waals surface area contributed by atoms with Gasteiger partial charge in [-0.3, -0.25) is 13.9 Å². The lowest BCUT2D eigenvalue weighted by molar-refractivity contribution is -0.140. The molecule has 0 aliphatic heterocycles. The lowest BCUT2D eigenvalue weighted by Crippen LogP contribution is -2.54. The molecule has 240 valence electrons.